The smallest absolute Gasteiger partial charge is 0.245 e. The number of fused-ring (bicyclic) bond motifs is 1. The van der Waals surface area contributed by atoms with Crippen LogP contribution < -0.4 is 15.5 Å². The number of ether oxygens (including phenoxy) is 1. The summed E-state index contributed by atoms with van der Waals surface area (Å²) in [5, 5.41) is 7.81. The third kappa shape index (κ3) is 5.08. The molecule has 0 bridgehead atoms. The number of nitrogens with zero attached hydrogens (tertiary/aromatic N) is 6. The second-order valence-electron chi connectivity index (χ2n) is 9.28. The molecule has 1 fully saturated rings. The van der Waals surface area contributed by atoms with Gasteiger partial charge in [0.1, 0.15) is 28.8 Å². The highest BCUT2D eigenvalue weighted by Gasteiger charge is 2.32. The van der Waals surface area contributed by atoms with E-state index in [9.17, 15) is 4.79 Å². The number of aryl methyl sites for hydroxylation is 2. The second kappa shape index (κ2) is 10.8. The summed E-state index contributed by atoms with van der Waals surface area (Å²) >= 11 is 0. The van der Waals surface area contributed by atoms with Crippen LogP contribution in [0.1, 0.15) is 30.4 Å². The number of amides is 1. The molecule has 9 nitrogen and oxygen atoms in total. The SMILES string of the molecule is C=CC(=O)N1CC(c2ccn3ncnc(Nc4ccc(Oc5ccn(C)c(=N/C=C/CC)c5)c(C)c4)c23)C1. The van der Waals surface area contributed by atoms with Gasteiger partial charge in [-0.1, -0.05) is 19.6 Å². The van der Waals surface area contributed by atoms with E-state index >= 15 is 0 Å². The lowest BCUT2D eigenvalue weighted by Crippen LogP contribution is -2.47. The van der Waals surface area contributed by atoms with Crippen LogP contribution in [0.3, 0.4) is 0 Å². The lowest BCUT2D eigenvalue weighted by Gasteiger charge is -2.38. The van der Waals surface area contributed by atoms with Gasteiger partial charge in [0, 0.05) is 56.4 Å². The molecule has 9 heteroatoms. The van der Waals surface area contributed by atoms with Crippen molar-refractivity contribution in [3.05, 3.63) is 96.7 Å². The van der Waals surface area contributed by atoms with Crippen molar-refractivity contribution in [3.63, 3.8) is 0 Å². The molecule has 0 radical (unpaired) electrons. The Balaban J connectivity index is 1.35. The van der Waals surface area contributed by atoms with Gasteiger partial charge in [0.05, 0.1) is 0 Å². The van der Waals surface area contributed by atoms with Gasteiger partial charge in [-0.15, -0.1) is 0 Å². The second-order valence-corrected chi connectivity index (χ2v) is 9.28. The summed E-state index contributed by atoms with van der Waals surface area (Å²) in [7, 11) is 1.95. The van der Waals surface area contributed by atoms with Crippen molar-refractivity contribution in [2.45, 2.75) is 26.2 Å². The third-order valence-corrected chi connectivity index (χ3v) is 6.60. The summed E-state index contributed by atoms with van der Waals surface area (Å²) in [6.45, 7) is 8.98. The van der Waals surface area contributed by atoms with E-state index in [1.807, 2.05) is 78.1 Å². The van der Waals surface area contributed by atoms with E-state index in [4.69, 9.17) is 4.74 Å². The average molecular weight is 510 g/mol. The molecule has 1 aliphatic rings. The minimum atomic E-state index is -0.0412. The van der Waals surface area contributed by atoms with Crippen LogP contribution in [-0.4, -0.2) is 43.1 Å². The predicted molar refractivity (Wildman–Crippen MR) is 147 cm³/mol. The van der Waals surface area contributed by atoms with Crippen LogP contribution in [0, 0.1) is 6.92 Å². The number of hydrogen-bond acceptors (Lipinski definition) is 6. The maximum absolute atomic E-state index is 11.9. The Labute approximate surface area is 221 Å². The average Bonchev–Trinajstić information content (AvgIpc) is 3.31. The topological polar surface area (TPSA) is 89.0 Å². The number of carbonyl (C=O) groups excluding carboxylic acids is 1. The standard InChI is InChI=1S/C29H31N7O2/c1-5-7-12-30-26-16-23(10-13-34(26)4)38-25-9-8-22(15-20(25)3)33-29-28-24(11-14-36(28)32-19-31-29)21-17-35(18-21)27(37)6-2/h6-16,19,21H,2,5,17-18H2,1,3-4H3,(H,31,32,33)/b12-7+,30-26?. The monoisotopic (exact) mass is 509 g/mol. The van der Waals surface area contributed by atoms with Gasteiger partial charge < -0.3 is 19.5 Å². The lowest BCUT2D eigenvalue weighted by atomic mass is 9.92. The molecule has 194 valence electrons. The van der Waals surface area contributed by atoms with E-state index in [1.165, 1.54) is 12.4 Å². The number of hydrogen-bond donors (Lipinski definition) is 1. The van der Waals surface area contributed by atoms with E-state index in [1.54, 1.807) is 4.90 Å². The lowest BCUT2D eigenvalue weighted by molar-refractivity contribution is -0.130. The zero-order valence-electron chi connectivity index (χ0n) is 21.8. The summed E-state index contributed by atoms with van der Waals surface area (Å²) < 4.78 is 9.96. The number of anilines is 2. The van der Waals surface area contributed by atoms with Crippen molar-refractivity contribution in [2.75, 3.05) is 18.4 Å². The molecule has 38 heavy (non-hydrogen) atoms. The quantitative estimate of drug-likeness (QED) is 0.343. The Kier molecular flexibility index (Phi) is 7.08. The first-order valence-corrected chi connectivity index (χ1v) is 12.6. The Hall–Kier alpha value is -4.66. The fourth-order valence-electron chi connectivity index (χ4n) is 4.45. The highest BCUT2D eigenvalue weighted by molar-refractivity contribution is 5.88. The summed E-state index contributed by atoms with van der Waals surface area (Å²) in [6.07, 6.45) is 11.5. The Morgan fingerprint density at radius 1 is 1.24 bits per heavy atom. The minimum Gasteiger partial charge on any atom is -0.457 e. The molecule has 5 rings (SSSR count). The molecule has 4 aromatic rings. The van der Waals surface area contributed by atoms with E-state index in [0.717, 1.165) is 45.7 Å². The maximum Gasteiger partial charge on any atom is 0.245 e. The van der Waals surface area contributed by atoms with E-state index in [-0.39, 0.29) is 11.8 Å². The molecule has 0 unspecified atom stereocenters. The molecule has 0 saturated carbocycles. The number of nitrogens with one attached hydrogen (secondary N) is 1. The molecule has 1 N–H and O–H groups in total. The number of carbonyl (C=O) groups is 1. The summed E-state index contributed by atoms with van der Waals surface area (Å²) in [4.78, 5) is 22.7. The highest BCUT2D eigenvalue weighted by Crippen LogP contribution is 2.34. The Morgan fingerprint density at radius 2 is 2.08 bits per heavy atom. The van der Waals surface area contributed by atoms with Crippen LogP contribution in [0.4, 0.5) is 11.5 Å². The molecule has 0 spiro atoms. The zero-order chi connectivity index (χ0) is 26.6. The number of aromatic nitrogens is 4. The molecular weight excluding hydrogens is 478 g/mol. The zero-order valence-corrected chi connectivity index (χ0v) is 21.8. The van der Waals surface area contributed by atoms with Crippen molar-refractivity contribution >= 4 is 22.9 Å². The van der Waals surface area contributed by atoms with Crippen molar-refractivity contribution in [1.29, 1.82) is 0 Å². The molecule has 0 aliphatic carbocycles. The van der Waals surface area contributed by atoms with E-state index in [0.29, 0.717) is 18.9 Å². The first-order chi connectivity index (χ1) is 18.5. The van der Waals surface area contributed by atoms with Gasteiger partial charge in [-0.25, -0.2) is 14.5 Å². The van der Waals surface area contributed by atoms with Crippen molar-refractivity contribution in [3.8, 4) is 11.5 Å². The molecule has 1 aromatic carbocycles. The van der Waals surface area contributed by atoms with Gasteiger partial charge in [0.25, 0.3) is 0 Å². The largest absolute Gasteiger partial charge is 0.457 e. The molecule has 1 amide bonds. The van der Waals surface area contributed by atoms with Crippen molar-refractivity contribution in [2.24, 2.45) is 12.0 Å². The normalized spacial score (nSPS) is 14.2. The van der Waals surface area contributed by atoms with E-state index in [2.05, 4.69) is 40.0 Å². The minimum absolute atomic E-state index is 0.0412. The molecule has 0 atom stereocenters. The van der Waals surface area contributed by atoms with Crippen LogP contribution in [0.15, 0.2) is 85.0 Å². The van der Waals surface area contributed by atoms with Gasteiger partial charge in [-0.05, 0) is 60.9 Å². The number of allylic oxidation sites excluding steroid dienone is 1. The van der Waals surface area contributed by atoms with Gasteiger partial charge in [0.15, 0.2) is 5.82 Å². The highest BCUT2D eigenvalue weighted by atomic mass is 16.5. The first-order valence-electron chi connectivity index (χ1n) is 12.6. The third-order valence-electron chi connectivity index (χ3n) is 6.60. The van der Waals surface area contributed by atoms with Crippen LogP contribution in [0.25, 0.3) is 5.52 Å². The molecular formula is C29H31N7O2. The van der Waals surface area contributed by atoms with Crippen molar-refractivity contribution < 1.29 is 9.53 Å². The molecule has 3 aromatic heterocycles. The van der Waals surface area contributed by atoms with Crippen molar-refractivity contribution in [1.82, 2.24) is 24.1 Å². The van der Waals surface area contributed by atoms with Gasteiger partial charge >= 0.3 is 0 Å². The molecule has 1 saturated heterocycles. The first kappa shape index (κ1) is 25.0. The summed E-state index contributed by atoms with van der Waals surface area (Å²) in [5.74, 6) is 2.38. The Bertz CT molecular complexity index is 1590. The van der Waals surface area contributed by atoms with Crippen LogP contribution in [0.2, 0.25) is 0 Å². The summed E-state index contributed by atoms with van der Waals surface area (Å²) in [6, 6.07) is 11.8. The van der Waals surface area contributed by atoms with Gasteiger partial charge in [-0.2, -0.15) is 5.10 Å². The van der Waals surface area contributed by atoms with Gasteiger partial charge in [0.2, 0.25) is 5.91 Å². The van der Waals surface area contributed by atoms with Crippen LogP contribution >= 0.6 is 0 Å². The molecule has 4 heterocycles. The van der Waals surface area contributed by atoms with Crippen LogP contribution in [0.5, 0.6) is 11.5 Å². The number of benzene rings is 1. The summed E-state index contributed by atoms with van der Waals surface area (Å²) in [5.41, 5.74) is 4.70. The van der Waals surface area contributed by atoms with Crippen LogP contribution in [-0.2, 0) is 11.8 Å². The fourth-order valence-corrected chi connectivity index (χ4v) is 4.45. The van der Waals surface area contributed by atoms with E-state index < -0.39 is 0 Å². The fraction of sp³-hybridized carbons (Fsp3) is 0.241. The number of pyridine rings is 1. The predicted octanol–water partition coefficient (Wildman–Crippen LogP) is 4.85. The Morgan fingerprint density at radius 3 is 2.84 bits per heavy atom. The molecule has 1 aliphatic heterocycles. The number of rotatable bonds is 8. The maximum atomic E-state index is 11.9. The number of likely N-dealkylation sites (tertiary alicyclic amines) is 1. The van der Waals surface area contributed by atoms with Gasteiger partial charge in [-0.3, -0.25) is 4.79 Å².